The molecule has 1 aromatic carbocycles. The maximum atomic E-state index is 13.2. The molecule has 2 atom stereocenters. The monoisotopic (exact) mass is 333 g/mol. The zero-order chi connectivity index (χ0) is 16.1. The van der Waals surface area contributed by atoms with Crippen molar-refractivity contribution in [1.29, 1.82) is 0 Å². The normalized spacial score (nSPS) is 27.3. The number of nitrogens with one attached hydrogen (secondary N) is 1. The molecule has 2 fully saturated rings. The van der Waals surface area contributed by atoms with Crippen molar-refractivity contribution in [2.24, 2.45) is 0 Å². The largest absolute Gasteiger partial charge is 0.381 e. The second-order valence-electron chi connectivity index (χ2n) is 6.76. The van der Waals surface area contributed by atoms with Crippen molar-refractivity contribution in [2.75, 3.05) is 19.5 Å². The maximum Gasteiger partial charge on any atom is 0.231 e. The minimum Gasteiger partial charge on any atom is -0.381 e. The summed E-state index contributed by atoms with van der Waals surface area (Å²) in [6, 6.07) is 10.6. The minimum absolute atomic E-state index is 0.207. The van der Waals surface area contributed by atoms with E-state index in [1.165, 1.54) is 12.8 Å². The summed E-state index contributed by atoms with van der Waals surface area (Å²) in [5.41, 5.74) is 0.726. The molecule has 1 saturated heterocycles. The van der Waals surface area contributed by atoms with Crippen LogP contribution < -0.4 is 5.32 Å². The highest BCUT2D eigenvalue weighted by atomic mass is 32.2. The van der Waals surface area contributed by atoms with Gasteiger partial charge >= 0.3 is 0 Å². The molecule has 126 valence electrons. The lowest BCUT2D eigenvalue weighted by atomic mass is 9.73. The first-order chi connectivity index (χ1) is 11.2. The fraction of sp³-hybridized carbons (Fsp3) is 0.632. The molecule has 2 aliphatic rings. The van der Waals surface area contributed by atoms with Crippen LogP contribution in [0.2, 0.25) is 0 Å². The van der Waals surface area contributed by atoms with Gasteiger partial charge in [0.2, 0.25) is 5.91 Å². The Morgan fingerprint density at radius 1 is 1.22 bits per heavy atom. The third kappa shape index (κ3) is 3.74. The third-order valence-electron chi connectivity index (χ3n) is 5.40. The van der Waals surface area contributed by atoms with Gasteiger partial charge in [0.15, 0.2) is 0 Å². The van der Waals surface area contributed by atoms with Gasteiger partial charge in [-0.1, -0.05) is 36.8 Å². The molecule has 23 heavy (non-hydrogen) atoms. The van der Waals surface area contributed by atoms with Crippen molar-refractivity contribution in [3.63, 3.8) is 0 Å². The molecule has 1 saturated carbocycles. The van der Waals surface area contributed by atoms with E-state index in [2.05, 4.69) is 23.7 Å². The first-order valence-corrected chi connectivity index (χ1v) is 10.0. The van der Waals surface area contributed by atoms with E-state index in [-0.39, 0.29) is 5.91 Å². The Morgan fingerprint density at radius 3 is 2.65 bits per heavy atom. The number of carbonyl (C=O) groups excluding carboxylic acids is 1. The number of amides is 1. The number of carbonyl (C=O) groups is 1. The Morgan fingerprint density at radius 2 is 1.96 bits per heavy atom. The molecule has 0 radical (unpaired) electrons. The van der Waals surface area contributed by atoms with Crippen molar-refractivity contribution in [3.05, 3.63) is 35.9 Å². The molecule has 1 aliphatic carbocycles. The molecule has 1 aromatic rings. The lowest BCUT2D eigenvalue weighted by Gasteiger charge is -2.38. The SMILES string of the molecule is CS[C@@H]1CCC[C@H](NC(=O)C2(c3ccccc3)CCOCC2)C1. The van der Waals surface area contributed by atoms with Gasteiger partial charge in [-0.3, -0.25) is 4.79 Å². The summed E-state index contributed by atoms with van der Waals surface area (Å²) in [5, 5.41) is 4.08. The van der Waals surface area contributed by atoms with Gasteiger partial charge < -0.3 is 10.1 Å². The molecule has 0 aromatic heterocycles. The van der Waals surface area contributed by atoms with Crippen LogP contribution in [0.15, 0.2) is 30.3 Å². The Bertz CT molecular complexity index is 513. The molecule has 1 aliphatic heterocycles. The van der Waals surface area contributed by atoms with Crippen molar-refractivity contribution in [3.8, 4) is 0 Å². The van der Waals surface area contributed by atoms with Crippen LogP contribution in [0.4, 0.5) is 0 Å². The quantitative estimate of drug-likeness (QED) is 0.916. The van der Waals surface area contributed by atoms with E-state index < -0.39 is 5.41 Å². The van der Waals surface area contributed by atoms with Crippen LogP contribution >= 0.6 is 11.8 Å². The molecule has 1 heterocycles. The predicted molar refractivity (Wildman–Crippen MR) is 95.9 cm³/mol. The number of benzene rings is 1. The maximum absolute atomic E-state index is 13.2. The van der Waals surface area contributed by atoms with Crippen LogP contribution in [-0.4, -0.2) is 36.7 Å². The van der Waals surface area contributed by atoms with Crippen LogP contribution in [-0.2, 0) is 14.9 Å². The van der Waals surface area contributed by atoms with Crippen molar-refractivity contribution < 1.29 is 9.53 Å². The number of thioether (sulfide) groups is 1. The zero-order valence-electron chi connectivity index (χ0n) is 13.9. The van der Waals surface area contributed by atoms with E-state index in [1.807, 2.05) is 30.0 Å². The highest BCUT2D eigenvalue weighted by Gasteiger charge is 2.42. The number of hydrogen-bond donors (Lipinski definition) is 1. The summed E-state index contributed by atoms with van der Waals surface area (Å²) < 4.78 is 5.54. The van der Waals surface area contributed by atoms with Crippen LogP contribution in [0.3, 0.4) is 0 Å². The molecule has 1 N–H and O–H groups in total. The molecular formula is C19H27NO2S. The predicted octanol–water partition coefficient (Wildman–Crippen LogP) is 3.53. The molecule has 1 amide bonds. The molecule has 0 spiro atoms. The summed E-state index contributed by atoms with van der Waals surface area (Å²) in [7, 11) is 0. The van der Waals surface area contributed by atoms with Gasteiger partial charge in [0.25, 0.3) is 0 Å². The smallest absolute Gasteiger partial charge is 0.231 e. The summed E-state index contributed by atoms with van der Waals surface area (Å²) >= 11 is 1.94. The van der Waals surface area contributed by atoms with E-state index in [0.29, 0.717) is 24.5 Å². The van der Waals surface area contributed by atoms with Crippen LogP contribution in [0.1, 0.15) is 44.1 Å². The van der Waals surface area contributed by atoms with E-state index in [4.69, 9.17) is 4.74 Å². The Kier molecular flexibility index (Phi) is 5.65. The van der Waals surface area contributed by atoms with Gasteiger partial charge in [0.05, 0.1) is 5.41 Å². The highest BCUT2D eigenvalue weighted by molar-refractivity contribution is 7.99. The first-order valence-electron chi connectivity index (χ1n) is 8.71. The fourth-order valence-corrected chi connectivity index (χ4v) is 4.76. The van der Waals surface area contributed by atoms with E-state index in [1.54, 1.807) is 0 Å². The summed E-state index contributed by atoms with van der Waals surface area (Å²) in [5.74, 6) is 0.207. The molecule has 3 nitrogen and oxygen atoms in total. The molecule has 0 bridgehead atoms. The zero-order valence-corrected chi connectivity index (χ0v) is 14.7. The lowest BCUT2D eigenvalue weighted by molar-refractivity contribution is -0.131. The van der Waals surface area contributed by atoms with Crippen LogP contribution in [0.5, 0.6) is 0 Å². The van der Waals surface area contributed by atoms with E-state index in [0.717, 1.165) is 31.2 Å². The number of rotatable bonds is 4. The minimum atomic E-state index is -0.411. The second-order valence-corrected chi connectivity index (χ2v) is 7.89. The summed E-state index contributed by atoms with van der Waals surface area (Å²) in [6.07, 6.45) is 8.46. The Balaban J connectivity index is 1.76. The van der Waals surface area contributed by atoms with Crippen molar-refractivity contribution in [2.45, 2.75) is 55.2 Å². The molecule has 4 heteroatoms. The van der Waals surface area contributed by atoms with Gasteiger partial charge in [0.1, 0.15) is 0 Å². The second kappa shape index (κ2) is 7.71. The first kappa shape index (κ1) is 16.8. The summed E-state index contributed by atoms with van der Waals surface area (Å²) in [6.45, 7) is 1.33. The average Bonchev–Trinajstić information content (AvgIpc) is 2.63. The van der Waals surface area contributed by atoms with E-state index >= 15 is 0 Å². The molecular weight excluding hydrogens is 306 g/mol. The average molecular weight is 333 g/mol. The molecule has 3 rings (SSSR count). The Labute approximate surface area is 143 Å². The Hall–Kier alpha value is -1.00. The van der Waals surface area contributed by atoms with E-state index in [9.17, 15) is 4.79 Å². The van der Waals surface area contributed by atoms with Gasteiger partial charge in [0, 0.05) is 24.5 Å². The van der Waals surface area contributed by atoms with Crippen LogP contribution in [0, 0.1) is 0 Å². The van der Waals surface area contributed by atoms with Crippen LogP contribution in [0.25, 0.3) is 0 Å². The summed E-state index contributed by atoms with van der Waals surface area (Å²) in [4.78, 5) is 13.2. The number of ether oxygens (including phenoxy) is 1. The van der Waals surface area contributed by atoms with Gasteiger partial charge in [-0.2, -0.15) is 11.8 Å². The molecule has 0 unspecified atom stereocenters. The number of hydrogen-bond acceptors (Lipinski definition) is 3. The fourth-order valence-electron chi connectivity index (χ4n) is 3.94. The lowest BCUT2D eigenvalue weighted by Crippen LogP contribution is -2.52. The van der Waals surface area contributed by atoms with Gasteiger partial charge in [-0.15, -0.1) is 0 Å². The topological polar surface area (TPSA) is 38.3 Å². The van der Waals surface area contributed by atoms with Crippen molar-refractivity contribution in [1.82, 2.24) is 5.32 Å². The van der Waals surface area contributed by atoms with Gasteiger partial charge in [-0.25, -0.2) is 0 Å². The third-order valence-corrected chi connectivity index (χ3v) is 6.50. The standard InChI is InChI=1S/C19H27NO2S/c1-23-17-9-5-8-16(14-17)20-18(21)19(10-12-22-13-11-19)15-6-3-2-4-7-15/h2-4,6-7,16-17H,5,8-14H2,1H3,(H,20,21)/t16-,17+/m0/s1. The highest BCUT2D eigenvalue weighted by Crippen LogP contribution is 2.36. The van der Waals surface area contributed by atoms with Crippen molar-refractivity contribution >= 4 is 17.7 Å². The van der Waals surface area contributed by atoms with Gasteiger partial charge in [-0.05, 0) is 43.9 Å².